The Bertz CT molecular complexity index is 1540. The van der Waals surface area contributed by atoms with Crippen LogP contribution in [0.5, 0.6) is 5.75 Å². The number of hydrogen-bond acceptors (Lipinski definition) is 5. The molecule has 0 fully saturated rings. The average Bonchev–Trinajstić information content (AvgIpc) is 3.20. The summed E-state index contributed by atoms with van der Waals surface area (Å²) in [5.74, 6) is -0.543. The van der Waals surface area contributed by atoms with Crippen molar-refractivity contribution in [1.29, 1.82) is 0 Å². The number of fused-ring (bicyclic) bond motifs is 2. The fourth-order valence-electron chi connectivity index (χ4n) is 4.67. The molecule has 188 valence electrons. The molecular formula is C30H26FNO5. The number of Topliss-reactive ketones (excluding diaryl/α,β-unsaturated/α-hetero) is 1. The number of amides is 1. The molecule has 1 aromatic heterocycles. The smallest absolute Gasteiger partial charge is 0.295 e. The number of rotatable bonds is 8. The molecule has 1 aliphatic rings. The van der Waals surface area contributed by atoms with E-state index in [1.165, 1.54) is 24.0 Å². The molecule has 0 radical (unpaired) electrons. The zero-order chi connectivity index (χ0) is 26.1. The molecule has 0 saturated carbocycles. The van der Waals surface area contributed by atoms with Crippen molar-refractivity contribution < 1.29 is 23.1 Å². The average molecular weight is 500 g/mol. The van der Waals surface area contributed by atoms with Gasteiger partial charge in [-0.2, -0.15) is 0 Å². The molecular weight excluding hydrogens is 473 g/mol. The number of ether oxygens (including phenoxy) is 1. The molecule has 0 saturated heterocycles. The number of anilines is 1. The standard InChI is InChI=1S/C30H26FNO5/c1-3-4-5-16-36-23-13-8-20(9-14-23)27-26-28(34)24-17-21(31)10-15-25(24)37-29(26)30(35)32(27)22-11-6-19(7-12-22)18(2)33/h6-15,17,27H,3-5,16H2,1-2H3. The Balaban J connectivity index is 1.62. The lowest BCUT2D eigenvalue weighted by molar-refractivity contribution is 0.0970. The number of hydrogen-bond donors (Lipinski definition) is 0. The summed E-state index contributed by atoms with van der Waals surface area (Å²) in [4.78, 5) is 40.5. The fourth-order valence-corrected chi connectivity index (χ4v) is 4.67. The molecule has 0 aliphatic carbocycles. The lowest BCUT2D eigenvalue weighted by Gasteiger charge is -2.25. The van der Waals surface area contributed by atoms with Gasteiger partial charge in [0, 0.05) is 11.3 Å². The van der Waals surface area contributed by atoms with Crippen LogP contribution < -0.4 is 15.1 Å². The van der Waals surface area contributed by atoms with Gasteiger partial charge >= 0.3 is 0 Å². The highest BCUT2D eigenvalue weighted by Gasteiger charge is 2.43. The van der Waals surface area contributed by atoms with Crippen molar-refractivity contribution in [2.45, 2.75) is 39.2 Å². The van der Waals surface area contributed by atoms with Crippen molar-refractivity contribution in [3.05, 3.63) is 105 Å². The van der Waals surface area contributed by atoms with Crippen LogP contribution in [0.1, 0.15) is 71.2 Å². The summed E-state index contributed by atoms with van der Waals surface area (Å²) in [7, 11) is 0. The lowest BCUT2D eigenvalue weighted by Crippen LogP contribution is -2.29. The van der Waals surface area contributed by atoms with Crippen LogP contribution in [0.25, 0.3) is 11.0 Å². The monoisotopic (exact) mass is 499 g/mol. The SMILES string of the molecule is CCCCCOc1ccc(C2c3c(oc4ccc(F)cc4c3=O)C(=O)N2c2ccc(C(C)=O)cc2)cc1. The number of carbonyl (C=O) groups excluding carboxylic acids is 2. The van der Waals surface area contributed by atoms with Gasteiger partial charge < -0.3 is 9.15 Å². The van der Waals surface area contributed by atoms with Crippen LogP contribution in [-0.4, -0.2) is 18.3 Å². The van der Waals surface area contributed by atoms with E-state index in [4.69, 9.17) is 9.15 Å². The molecule has 7 heteroatoms. The Labute approximate surface area is 213 Å². The predicted molar refractivity (Wildman–Crippen MR) is 139 cm³/mol. The summed E-state index contributed by atoms with van der Waals surface area (Å²) >= 11 is 0. The van der Waals surface area contributed by atoms with Gasteiger partial charge in [0.05, 0.1) is 23.6 Å². The molecule has 1 aliphatic heterocycles. The number of ketones is 1. The minimum Gasteiger partial charge on any atom is -0.494 e. The van der Waals surface area contributed by atoms with E-state index in [9.17, 15) is 18.8 Å². The first-order valence-corrected chi connectivity index (χ1v) is 12.3. The van der Waals surface area contributed by atoms with E-state index in [0.717, 1.165) is 25.3 Å². The third kappa shape index (κ3) is 4.53. The third-order valence-electron chi connectivity index (χ3n) is 6.60. The van der Waals surface area contributed by atoms with Gasteiger partial charge in [-0.25, -0.2) is 4.39 Å². The van der Waals surface area contributed by atoms with Crippen LogP contribution in [0, 0.1) is 5.82 Å². The summed E-state index contributed by atoms with van der Waals surface area (Å²) in [6.45, 7) is 4.20. The van der Waals surface area contributed by atoms with Crippen LogP contribution in [0.15, 0.2) is 75.9 Å². The van der Waals surface area contributed by atoms with Crippen LogP contribution in [-0.2, 0) is 0 Å². The van der Waals surface area contributed by atoms with E-state index in [1.54, 1.807) is 24.3 Å². The van der Waals surface area contributed by atoms with Crippen molar-refractivity contribution in [2.24, 2.45) is 0 Å². The number of halogens is 1. The van der Waals surface area contributed by atoms with Gasteiger partial charge in [-0.1, -0.05) is 31.9 Å². The van der Waals surface area contributed by atoms with E-state index in [1.807, 2.05) is 24.3 Å². The van der Waals surface area contributed by atoms with Gasteiger partial charge in [0.25, 0.3) is 5.91 Å². The molecule has 4 aromatic rings. The lowest BCUT2D eigenvalue weighted by atomic mass is 9.98. The Kier molecular flexibility index (Phi) is 6.61. The molecule has 0 N–H and O–H groups in total. The summed E-state index contributed by atoms with van der Waals surface area (Å²) in [6, 6.07) is 16.7. The molecule has 37 heavy (non-hydrogen) atoms. The molecule has 0 spiro atoms. The van der Waals surface area contributed by atoms with E-state index >= 15 is 0 Å². The van der Waals surface area contributed by atoms with Gasteiger partial charge in [0.1, 0.15) is 17.1 Å². The molecule has 6 nitrogen and oxygen atoms in total. The molecule has 0 bridgehead atoms. The van der Waals surface area contributed by atoms with Crippen LogP contribution >= 0.6 is 0 Å². The highest BCUT2D eigenvalue weighted by atomic mass is 19.1. The maximum atomic E-state index is 14.0. The van der Waals surface area contributed by atoms with Gasteiger partial charge in [0.2, 0.25) is 5.76 Å². The maximum absolute atomic E-state index is 14.0. The second kappa shape index (κ2) is 10.0. The van der Waals surface area contributed by atoms with E-state index in [-0.39, 0.29) is 28.1 Å². The minimum atomic E-state index is -0.802. The van der Waals surface area contributed by atoms with Crippen LogP contribution in [0.3, 0.4) is 0 Å². The molecule has 1 atom stereocenters. The normalized spacial score (nSPS) is 14.7. The number of carbonyl (C=O) groups is 2. The van der Waals surface area contributed by atoms with Gasteiger partial charge in [-0.3, -0.25) is 19.3 Å². The Hall–Kier alpha value is -4.26. The largest absolute Gasteiger partial charge is 0.494 e. The second-order valence-electron chi connectivity index (χ2n) is 9.12. The Morgan fingerprint density at radius 3 is 2.41 bits per heavy atom. The topological polar surface area (TPSA) is 76.8 Å². The van der Waals surface area contributed by atoms with Gasteiger partial charge in [0.15, 0.2) is 11.2 Å². The molecule has 3 aromatic carbocycles. The Morgan fingerprint density at radius 1 is 1.00 bits per heavy atom. The molecule has 1 amide bonds. The predicted octanol–water partition coefficient (Wildman–Crippen LogP) is 6.45. The van der Waals surface area contributed by atoms with Crippen LogP contribution in [0.4, 0.5) is 10.1 Å². The van der Waals surface area contributed by atoms with Gasteiger partial charge in [-0.05, 0) is 73.5 Å². The first-order chi connectivity index (χ1) is 17.9. The highest BCUT2D eigenvalue weighted by Crippen LogP contribution is 2.41. The van der Waals surface area contributed by atoms with Crippen molar-refractivity contribution in [3.63, 3.8) is 0 Å². The highest BCUT2D eigenvalue weighted by molar-refractivity contribution is 6.11. The first kappa shape index (κ1) is 24.4. The maximum Gasteiger partial charge on any atom is 0.295 e. The minimum absolute atomic E-state index is 0.0706. The van der Waals surface area contributed by atoms with Gasteiger partial charge in [-0.15, -0.1) is 0 Å². The Morgan fingerprint density at radius 2 is 1.73 bits per heavy atom. The van der Waals surface area contributed by atoms with Crippen molar-refractivity contribution in [1.82, 2.24) is 0 Å². The second-order valence-corrected chi connectivity index (χ2v) is 9.12. The number of nitrogens with zero attached hydrogens (tertiary/aromatic N) is 1. The fraction of sp³-hybridized carbons (Fsp3) is 0.233. The zero-order valence-corrected chi connectivity index (χ0v) is 20.6. The van der Waals surface area contributed by atoms with Crippen molar-refractivity contribution in [2.75, 3.05) is 11.5 Å². The number of unbranched alkanes of at least 4 members (excludes halogenated alkanes) is 2. The summed E-state index contributed by atoms with van der Waals surface area (Å²) < 4.78 is 25.7. The first-order valence-electron chi connectivity index (χ1n) is 12.3. The van der Waals surface area contributed by atoms with Crippen molar-refractivity contribution in [3.8, 4) is 5.75 Å². The molecule has 2 heterocycles. The molecule has 5 rings (SSSR count). The quantitative estimate of drug-likeness (QED) is 0.206. The summed E-state index contributed by atoms with van der Waals surface area (Å²) in [6.07, 6.45) is 3.14. The number of benzene rings is 3. The summed E-state index contributed by atoms with van der Waals surface area (Å²) in [5.41, 5.74) is 1.51. The van der Waals surface area contributed by atoms with E-state index < -0.39 is 23.2 Å². The van der Waals surface area contributed by atoms with Crippen molar-refractivity contribution >= 4 is 28.3 Å². The van der Waals surface area contributed by atoms with E-state index in [0.29, 0.717) is 29.2 Å². The van der Waals surface area contributed by atoms with E-state index in [2.05, 4.69) is 6.92 Å². The molecule has 1 unspecified atom stereocenters. The van der Waals surface area contributed by atoms with Crippen LogP contribution in [0.2, 0.25) is 0 Å². The third-order valence-corrected chi connectivity index (χ3v) is 6.60. The zero-order valence-electron chi connectivity index (χ0n) is 20.6. The summed E-state index contributed by atoms with van der Waals surface area (Å²) in [5, 5.41) is 0.0706.